The average molecular weight is 387 g/mol. The van der Waals surface area contributed by atoms with Gasteiger partial charge in [-0.2, -0.15) is 8.60 Å². The highest BCUT2D eigenvalue weighted by Gasteiger charge is 2.24. The van der Waals surface area contributed by atoms with Crippen LogP contribution < -0.4 is 4.74 Å². The van der Waals surface area contributed by atoms with E-state index in [-0.39, 0.29) is 13.0 Å². The number of rotatable bonds is 8. The molecule has 10 heteroatoms. The Morgan fingerprint density at radius 3 is 2.58 bits per heavy atom. The molecule has 2 rings (SSSR count). The summed E-state index contributed by atoms with van der Waals surface area (Å²) < 4.78 is 57.2. The first-order valence-electron chi connectivity index (χ1n) is 7.40. The van der Waals surface area contributed by atoms with Crippen LogP contribution in [0.2, 0.25) is 0 Å². The molecule has 2 unspecified atom stereocenters. The summed E-state index contributed by atoms with van der Waals surface area (Å²) in [7, 11) is 0. The van der Waals surface area contributed by atoms with Crippen LogP contribution >= 0.6 is 0 Å². The summed E-state index contributed by atoms with van der Waals surface area (Å²) in [5, 5.41) is 10.9. The summed E-state index contributed by atoms with van der Waals surface area (Å²) in [6, 6.07) is 8.35. The molecule has 0 bridgehead atoms. The minimum Gasteiger partial charge on any atom is -0.485 e. The molecule has 0 saturated heterocycles. The van der Waals surface area contributed by atoms with Crippen molar-refractivity contribution in [2.45, 2.75) is 19.4 Å². The lowest BCUT2D eigenvalue weighted by atomic mass is 10.0. The van der Waals surface area contributed by atoms with E-state index in [1.807, 2.05) is 0 Å². The zero-order valence-corrected chi connectivity index (χ0v) is 14.4. The maximum Gasteiger partial charge on any atom is 0.314 e. The van der Waals surface area contributed by atoms with Crippen LogP contribution in [0.5, 0.6) is 5.75 Å². The van der Waals surface area contributed by atoms with Crippen molar-refractivity contribution in [3.8, 4) is 5.75 Å². The maximum atomic E-state index is 13.8. The van der Waals surface area contributed by atoms with E-state index in [9.17, 15) is 23.1 Å². The van der Waals surface area contributed by atoms with Gasteiger partial charge in [0.1, 0.15) is 6.10 Å². The molecule has 2 aromatic carbocycles. The van der Waals surface area contributed by atoms with Crippen LogP contribution in [0, 0.1) is 28.7 Å². The normalized spacial score (nSPS) is 13.2. The van der Waals surface area contributed by atoms with Gasteiger partial charge in [0, 0.05) is 12.5 Å². The fourth-order valence-electron chi connectivity index (χ4n) is 2.37. The maximum absolute atomic E-state index is 13.8. The minimum absolute atomic E-state index is 0.0236. The Morgan fingerprint density at radius 2 is 1.96 bits per heavy atom. The molecule has 0 aromatic heterocycles. The minimum atomic E-state index is -2.57. The fourth-order valence-corrected chi connectivity index (χ4v) is 2.77. The third-order valence-electron chi connectivity index (χ3n) is 3.59. The topological polar surface area (TPSA) is 98.9 Å². The summed E-state index contributed by atoms with van der Waals surface area (Å²) >= 11 is -2.57. The largest absolute Gasteiger partial charge is 0.485 e. The van der Waals surface area contributed by atoms with Crippen LogP contribution in [0.25, 0.3) is 0 Å². The van der Waals surface area contributed by atoms with Gasteiger partial charge in [-0.1, -0.05) is 24.3 Å². The Bertz CT molecular complexity index is 832. The van der Waals surface area contributed by atoms with E-state index in [0.29, 0.717) is 11.6 Å². The number of aryl methyl sites for hydroxylation is 1. The number of nitro benzene ring substituents is 1. The van der Waals surface area contributed by atoms with Crippen molar-refractivity contribution in [1.82, 2.24) is 0 Å². The number of nitrogens with zero attached hydrogens (tertiary/aromatic N) is 1. The summed E-state index contributed by atoms with van der Waals surface area (Å²) in [6.07, 6.45) is -0.901. The average Bonchev–Trinajstić information content (AvgIpc) is 2.57. The fraction of sp³-hybridized carbons (Fsp3) is 0.250. The molecule has 7 nitrogen and oxygen atoms in total. The monoisotopic (exact) mass is 387 g/mol. The zero-order chi connectivity index (χ0) is 19.3. The van der Waals surface area contributed by atoms with E-state index in [4.69, 9.17) is 13.5 Å². The van der Waals surface area contributed by atoms with Crippen LogP contribution in [0.4, 0.5) is 14.5 Å². The molecule has 0 heterocycles. The summed E-state index contributed by atoms with van der Waals surface area (Å²) in [4.78, 5) is 10.0. The van der Waals surface area contributed by atoms with Crippen LogP contribution in [0.15, 0.2) is 36.4 Å². The van der Waals surface area contributed by atoms with E-state index in [0.717, 1.165) is 11.6 Å². The van der Waals surface area contributed by atoms with Gasteiger partial charge < -0.3 is 4.74 Å². The SMILES string of the molecule is Cc1ccccc1C(CCOc1c([N+](=O)[O-])ccc(F)c1F)OS(=O)O. The van der Waals surface area contributed by atoms with Crippen LogP contribution in [-0.4, -0.2) is 20.3 Å². The molecule has 0 saturated carbocycles. The lowest BCUT2D eigenvalue weighted by Gasteiger charge is -2.18. The first-order valence-corrected chi connectivity index (χ1v) is 8.43. The van der Waals surface area contributed by atoms with Gasteiger partial charge in [0.05, 0.1) is 11.5 Å². The van der Waals surface area contributed by atoms with Gasteiger partial charge >= 0.3 is 17.0 Å². The molecule has 1 N–H and O–H groups in total. The van der Waals surface area contributed by atoms with E-state index < -0.39 is 45.5 Å². The number of nitro groups is 1. The van der Waals surface area contributed by atoms with Gasteiger partial charge in [-0.15, -0.1) is 0 Å². The molecule has 140 valence electrons. The molecule has 0 spiro atoms. The molecule has 0 aliphatic rings. The van der Waals surface area contributed by atoms with Crippen molar-refractivity contribution in [2.75, 3.05) is 6.61 Å². The van der Waals surface area contributed by atoms with Crippen molar-refractivity contribution in [2.24, 2.45) is 0 Å². The van der Waals surface area contributed by atoms with E-state index in [1.165, 1.54) is 0 Å². The Hall–Kier alpha value is -2.43. The van der Waals surface area contributed by atoms with Crippen LogP contribution in [0.3, 0.4) is 0 Å². The third kappa shape index (κ3) is 4.81. The van der Waals surface area contributed by atoms with Crippen molar-refractivity contribution < 1.29 is 31.4 Å². The van der Waals surface area contributed by atoms with Gasteiger partial charge in [0.2, 0.25) is 11.6 Å². The Balaban J connectivity index is 2.18. The number of ether oxygens (including phenoxy) is 1. The molecule has 0 aliphatic carbocycles. The van der Waals surface area contributed by atoms with Gasteiger partial charge in [0.25, 0.3) is 0 Å². The second-order valence-electron chi connectivity index (χ2n) is 5.26. The van der Waals surface area contributed by atoms with E-state index in [1.54, 1.807) is 31.2 Å². The summed E-state index contributed by atoms with van der Waals surface area (Å²) in [5.41, 5.74) is 0.668. The van der Waals surface area contributed by atoms with Crippen LogP contribution in [-0.2, 0) is 15.5 Å². The Kier molecular flexibility index (Phi) is 6.72. The highest BCUT2D eigenvalue weighted by molar-refractivity contribution is 7.74. The lowest BCUT2D eigenvalue weighted by molar-refractivity contribution is -0.386. The highest BCUT2D eigenvalue weighted by Crippen LogP contribution is 2.32. The van der Waals surface area contributed by atoms with Crippen LogP contribution in [0.1, 0.15) is 23.7 Å². The van der Waals surface area contributed by atoms with Crippen molar-refractivity contribution >= 4 is 17.0 Å². The first-order chi connectivity index (χ1) is 12.3. The first kappa shape index (κ1) is 19.9. The predicted octanol–water partition coefficient (Wildman–Crippen LogP) is 3.84. The molecular formula is C16H15F2NO6S. The molecule has 0 radical (unpaired) electrons. The van der Waals surface area contributed by atoms with E-state index >= 15 is 0 Å². The van der Waals surface area contributed by atoms with Crippen molar-refractivity contribution in [3.63, 3.8) is 0 Å². The molecule has 0 fully saturated rings. The zero-order valence-electron chi connectivity index (χ0n) is 13.6. The van der Waals surface area contributed by atoms with Crippen molar-refractivity contribution in [1.29, 1.82) is 0 Å². The Labute approximate surface area is 150 Å². The molecule has 2 atom stereocenters. The molecule has 0 aliphatic heterocycles. The second kappa shape index (κ2) is 8.79. The smallest absolute Gasteiger partial charge is 0.314 e. The number of hydrogen-bond donors (Lipinski definition) is 1. The van der Waals surface area contributed by atoms with Gasteiger partial charge in [0.15, 0.2) is 5.82 Å². The number of benzene rings is 2. The standard InChI is InChI=1S/C16H15F2NO6S/c1-10-4-2-3-5-11(10)14(25-26(22)23)8-9-24-16-13(19(20)21)7-6-12(17)15(16)18/h2-7,14H,8-9H2,1H3,(H,22,23). The van der Waals surface area contributed by atoms with Gasteiger partial charge in [-0.3, -0.25) is 18.9 Å². The second-order valence-corrected chi connectivity index (χ2v) is 5.89. The number of halogens is 2. The molecular weight excluding hydrogens is 372 g/mol. The predicted molar refractivity (Wildman–Crippen MR) is 88.9 cm³/mol. The quantitative estimate of drug-likeness (QED) is 0.420. The lowest BCUT2D eigenvalue weighted by Crippen LogP contribution is -2.13. The molecule has 0 amide bonds. The summed E-state index contributed by atoms with van der Waals surface area (Å²) in [6.45, 7) is 1.46. The number of hydrogen-bond acceptors (Lipinski definition) is 5. The third-order valence-corrected chi connectivity index (χ3v) is 3.98. The molecule has 2 aromatic rings. The highest BCUT2D eigenvalue weighted by atomic mass is 32.2. The Morgan fingerprint density at radius 1 is 1.27 bits per heavy atom. The van der Waals surface area contributed by atoms with E-state index in [2.05, 4.69) is 0 Å². The van der Waals surface area contributed by atoms with Gasteiger partial charge in [-0.25, -0.2) is 4.39 Å². The molecule has 26 heavy (non-hydrogen) atoms. The van der Waals surface area contributed by atoms with Gasteiger partial charge in [-0.05, 0) is 24.1 Å². The summed E-state index contributed by atoms with van der Waals surface area (Å²) in [5.74, 6) is -3.59. The van der Waals surface area contributed by atoms with Crippen molar-refractivity contribution in [3.05, 3.63) is 69.3 Å².